The van der Waals surface area contributed by atoms with Gasteiger partial charge in [0, 0.05) is 0 Å². The molecule has 0 aliphatic heterocycles. The highest BCUT2D eigenvalue weighted by Crippen LogP contribution is 2.85. The molecule has 0 heterocycles. The standard InChI is InChI=1S/C26H48/c1-17-18(2)25(15)21(7,8)20(5,6)23(11,12)26(16,19(17,3)4)24(13,14)22(25,9)10/h1-16H3. The molecule has 0 nitrogen and oxygen atoms in total. The third-order valence-corrected chi connectivity index (χ3v) is 13.2. The van der Waals surface area contributed by atoms with Crippen molar-refractivity contribution < 1.29 is 0 Å². The van der Waals surface area contributed by atoms with Crippen LogP contribution < -0.4 is 0 Å². The van der Waals surface area contributed by atoms with E-state index in [0.29, 0.717) is 0 Å². The average Bonchev–Trinajstić information content (AvgIpc) is 2.50. The van der Waals surface area contributed by atoms with Gasteiger partial charge in [-0.1, -0.05) is 108 Å². The fourth-order valence-corrected chi connectivity index (χ4v) is 8.56. The molecule has 0 N–H and O–H groups in total. The molecule has 0 saturated heterocycles. The van der Waals surface area contributed by atoms with E-state index in [-0.39, 0.29) is 43.3 Å². The van der Waals surface area contributed by atoms with Crippen molar-refractivity contribution in [2.24, 2.45) is 43.3 Å². The number of hydrogen-bond donors (Lipinski definition) is 0. The van der Waals surface area contributed by atoms with Gasteiger partial charge in [0.05, 0.1) is 0 Å². The van der Waals surface area contributed by atoms with Crippen LogP contribution in [0.5, 0.6) is 0 Å². The second-order valence-corrected chi connectivity index (χ2v) is 13.2. The lowest BCUT2D eigenvalue weighted by atomic mass is 9.35. The van der Waals surface area contributed by atoms with Crippen molar-refractivity contribution in [3.63, 3.8) is 0 Å². The van der Waals surface area contributed by atoms with Crippen LogP contribution in [0.25, 0.3) is 0 Å². The van der Waals surface area contributed by atoms with Crippen LogP contribution in [0.1, 0.15) is 111 Å². The molecule has 2 bridgehead atoms. The SMILES string of the molecule is CC1=C(C)C2(C)C(C)(C)C(C)(C)C(C)(C)C(C)(C1(C)C)C(C)(C)C2(C)C. The normalized spacial score (nSPS) is 41.5. The summed E-state index contributed by atoms with van der Waals surface area (Å²) in [4.78, 5) is 0. The highest BCUT2D eigenvalue weighted by Gasteiger charge is 2.79. The van der Waals surface area contributed by atoms with Crippen molar-refractivity contribution in [1.82, 2.24) is 0 Å². The molecule has 152 valence electrons. The summed E-state index contributed by atoms with van der Waals surface area (Å²) >= 11 is 0. The van der Waals surface area contributed by atoms with E-state index < -0.39 is 0 Å². The van der Waals surface area contributed by atoms with Crippen molar-refractivity contribution in [3.8, 4) is 0 Å². The summed E-state index contributed by atoms with van der Waals surface area (Å²) in [5.74, 6) is 0. The van der Waals surface area contributed by atoms with E-state index in [1.165, 1.54) is 0 Å². The first-order valence-electron chi connectivity index (χ1n) is 10.8. The summed E-state index contributed by atoms with van der Waals surface area (Å²) in [6.45, 7) is 40.9. The summed E-state index contributed by atoms with van der Waals surface area (Å²) in [7, 11) is 0. The molecule has 2 aliphatic rings. The molecule has 0 aromatic heterocycles. The Morgan fingerprint density at radius 2 is 0.692 bits per heavy atom. The van der Waals surface area contributed by atoms with Crippen LogP contribution >= 0.6 is 0 Å². The van der Waals surface area contributed by atoms with Crippen LogP contribution in [0.4, 0.5) is 0 Å². The Kier molecular flexibility index (Phi) is 4.09. The smallest absolute Gasteiger partial charge is 0.000356 e. The molecular weight excluding hydrogens is 312 g/mol. The van der Waals surface area contributed by atoms with Crippen molar-refractivity contribution in [2.75, 3.05) is 0 Å². The van der Waals surface area contributed by atoms with Gasteiger partial charge in [-0.25, -0.2) is 0 Å². The lowest BCUT2D eigenvalue weighted by molar-refractivity contribution is -0.190. The van der Waals surface area contributed by atoms with Gasteiger partial charge >= 0.3 is 0 Å². The molecule has 0 amide bonds. The van der Waals surface area contributed by atoms with Crippen LogP contribution in [0.15, 0.2) is 11.1 Å². The van der Waals surface area contributed by atoms with E-state index in [1.807, 2.05) is 0 Å². The van der Waals surface area contributed by atoms with Crippen molar-refractivity contribution >= 4 is 0 Å². The molecule has 2 aliphatic carbocycles. The molecule has 0 heteroatoms. The predicted molar refractivity (Wildman–Crippen MR) is 117 cm³/mol. The molecule has 0 spiro atoms. The van der Waals surface area contributed by atoms with Crippen molar-refractivity contribution in [3.05, 3.63) is 11.1 Å². The highest BCUT2D eigenvalue weighted by molar-refractivity contribution is 5.40. The van der Waals surface area contributed by atoms with Gasteiger partial charge in [-0.15, -0.1) is 0 Å². The summed E-state index contributed by atoms with van der Waals surface area (Å²) in [6.07, 6.45) is 0. The molecule has 0 aromatic rings. The van der Waals surface area contributed by atoms with E-state index in [0.717, 1.165) is 0 Å². The van der Waals surface area contributed by atoms with Crippen LogP contribution in [0.3, 0.4) is 0 Å². The lowest BCUT2D eigenvalue weighted by Gasteiger charge is -2.68. The van der Waals surface area contributed by atoms with Crippen LogP contribution in [0, 0.1) is 43.3 Å². The maximum atomic E-state index is 2.63. The Hall–Kier alpha value is -0.260. The van der Waals surface area contributed by atoms with E-state index >= 15 is 0 Å². The summed E-state index contributed by atoms with van der Waals surface area (Å²) in [5, 5.41) is 0. The Labute approximate surface area is 165 Å². The fraction of sp³-hybridized carbons (Fsp3) is 0.923. The summed E-state index contributed by atoms with van der Waals surface area (Å²) in [6, 6.07) is 0. The number of hydrogen-bond acceptors (Lipinski definition) is 0. The molecule has 2 atom stereocenters. The van der Waals surface area contributed by atoms with Gasteiger partial charge in [-0.3, -0.25) is 0 Å². The summed E-state index contributed by atoms with van der Waals surface area (Å²) in [5.41, 5.74) is 4.44. The quantitative estimate of drug-likeness (QED) is 0.380. The molecule has 0 radical (unpaired) electrons. The maximum absolute atomic E-state index is 2.63. The minimum absolute atomic E-state index is 0.111. The Balaban J connectivity index is 3.33. The first kappa shape index (κ1) is 22.0. The zero-order valence-electron chi connectivity index (χ0n) is 21.0. The Morgan fingerprint density at radius 3 is 1.08 bits per heavy atom. The topological polar surface area (TPSA) is 0 Å². The minimum atomic E-state index is 0.111. The van der Waals surface area contributed by atoms with Gasteiger partial charge in [0.1, 0.15) is 0 Å². The van der Waals surface area contributed by atoms with Crippen molar-refractivity contribution in [1.29, 1.82) is 0 Å². The van der Waals surface area contributed by atoms with E-state index in [1.54, 1.807) is 11.1 Å². The first-order valence-corrected chi connectivity index (χ1v) is 10.8. The maximum Gasteiger partial charge on any atom is -0.000356 e. The van der Waals surface area contributed by atoms with E-state index in [2.05, 4.69) is 111 Å². The van der Waals surface area contributed by atoms with Crippen LogP contribution in [-0.2, 0) is 0 Å². The number of fused-ring (bicyclic) bond motifs is 3. The third kappa shape index (κ3) is 1.59. The van der Waals surface area contributed by atoms with Gasteiger partial charge in [0.25, 0.3) is 0 Å². The predicted octanol–water partition coefficient (Wildman–Crippen LogP) is 8.52. The third-order valence-electron chi connectivity index (χ3n) is 13.2. The van der Waals surface area contributed by atoms with Crippen LogP contribution in [-0.4, -0.2) is 0 Å². The Morgan fingerprint density at radius 1 is 0.385 bits per heavy atom. The molecule has 1 fully saturated rings. The summed E-state index contributed by atoms with van der Waals surface area (Å²) < 4.78 is 0. The van der Waals surface area contributed by atoms with Crippen molar-refractivity contribution in [2.45, 2.75) is 111 Å². The molecule has 26 heavy (non-hydrogen) atoms. The number of rotatable bonds is 0. The van der Waals surface area contributed by atoms with Gasteiger partial charge < -0.3 is 0 Å². The minimum Gasteiger partial charge on any atom is -0.0676 e. The van der Waals surface area contributed by atoms with Gasteiger partial charge in [0.2, 0.25) is 0 Å². The van der Waals surface area contributed by atoms with E-state index in [4.69, 9.17) is 0 Å². The monoisotopic (exact) mass is 360 g/mol. The van der Waals surface area contributed by atoms with Crippen LogP contribution in [0.2, 0.25) is 0 Å². The van der Waals surface area contributed by atoms with E-state index in [9.17, 15) is 0 Å². The molecule has 2 rings (SSSR count). The molecule has 0 aromatic carbocycles. The highest BCUT2D eigenvalue weighted by atomic mass is 14.8. The second kappa shape index (κ2) is 4.83. The fourth-order valence-electron chi connectivity index (χ4n) is 8.56. The van der Waals surface area contributed by atoms with Gasteiger partial charge in [-0.05, 0) is 57.2 Å². The zero-order valence-corrected chi connectivity index (χ0v) is 21.0. The molecule has 1 saturated carbocycles. The Bertz CT molecular complexity index is 662. The number of allylic oxidation sites excluding steroid dienone is 2. The first-order chi connectivity index (χ1) is 11.1. The largest absolute Gasteiger partial charge is 0.0676 e. The lowest BCUT2D eigenvalue weighted by Crippen LogP contribution is -2.62. The molecular formula is C26H48. The van der Waals surface area contributed by atoms with Gasteiger partial charge in [-0.2, -0.15) is 0 Å². The average molecular weight is 361 g/mol. The second-order valence-electron chi connectivity index (χ2n) is 13.2. The zero-order chi connectivity index (χ0) is 21.2. The molecule has 2 unspecified atom stereocenters. The van der Waals surface area contributed by atoms with Gasteiger partial charge in [0.15, 0.2) is 0 Å².